The lowest BCUT2D eigenvalue weighted by atomic mass is 9.41. The number of halogens is 1. The molecule has 5 nitrogen and oxygen atoms in total. The molecule has 6 rings (SSSR count). The lowest BCUT2D eigenvalue weighted by Gasteiger charge is -2.68. The van der Waals surface area contributed by atoms with Gasteiger partial charge in [-0.05, 0) is 51.1 Å². The van der Waals surface area contributed by atoms with Crippen molar-refractivity contribution in [3.05, 3.63) is 23.4 Å². The van der Waals surface area contributed by atoms with Crippen LogP contribution in [0.5, 0.6) is 0 Å². The summed E-state index contributed by atoms with van der Waals surface area (Å²) in [6.45, 7) is 1.88. The molecule has 2 bridgehead atoms. The quantitative estimate of drug-likeness (QED) is 0.913. The minimum absolute atomic E-state index is 0.0789. The SMILES string of the molecule is COC12CC(c3nc4ncc(F)c(C5CCNCC5)c4[nH]3)(C1)C2. The van der Waals surface area contributed by atoms with E-state index in [9.17, 15) is 4.39 Å². The highest BCUT2D eigenvalue weighted by Crippen LogP contribution is 2.68. The molecule has 0 radical (unpaired) electrons. The van der Waals surface area contributed by atoms with Crippen LogP contribution in [0.15, 0.2) is 6.20 Å². The second-order valence-corrected chi connectivity index (χ2v) is 7.53. The van der Waals surface area contributed by atoms with E-state index in [1.807, 2.05) is 0 Å². The number of rotatable bonds is 3. The summed E-state index contributed by atoms with van der Waals surface area (Å²) < 4.78 is 20.1. The molecule has 1 aliphatic heterocycles. The minimum Gasteiger partial charge on any atom is -0.378 e. The highest BCUT2D eigenvalue weighted by Gasteiger charge is 2.70. The highest BCUT2D eigenvalue weighted by atomic mass is 19.1. The third-order valence-electron chi connectivity index (χ3n) is 6.18. The lowest BCUT2D eigenvalue weighted by molar-refractivity contribution is -0.234. The first-order valence-electron chi connectivity index (χ1n) is 8.45. The Balaban J connectivity index is 1.56. The van der Waals surface area contributed by atoms with Crippen molar-refractivity contribution < 1.29 is 9.13 Å². The standard InChI is InChI=1S/C17H21FN4O/c1-23-17-7-16(8-17,9-17)15-21-13-12(10-2-4-19-5-3-10)11(18)6-20-14(13)22-15/h6,10,19H,2-5,7-9H2,1H3,(H,20,21,22). The molecule has 3 aliphatic carbocycles. The number of hydrogen-bond donors (Lipinski definition) is 2. The first-order valence-corrected chi connectivity index (χ1v) is 8.45. The van der Waals surface area contributed by atoms with Crippen LogP contribution in [-0.2, 0) is 10.2 Å². The van der Waals surface area contributed by atoms with Crippen molar-refractivity contribution >= 4 is 11.2 Å². The normalized spacial score (nSPS) is 33.5. The van der Waals surface area contributed by atoms with E-state index in [2.05, 4.69) is 15.3 Å². The van der Waals surface area contributed by atoms with Gasteiger partial charge in [0.15, 0.2) is 5.65 Å². The fraction of sp³-hybridized carbons (Fsp3) is 0.647. The molecule has 2 aromatic heterocycles. The van der Waals surface area contributed by atoms with Crippen molar-refractivity contribution in [2.75, 3.05) is 20.2 Å². The molecule has 0 atom stereocenters. The molecule has 0 aromatic carbocycles. The second-order valence-electron chi connectivity index (χ2n) is 7.53. The van der Waals surface area contributed by atoms with Crippen molar-refractivity contribution in [1.82, 2.24) is 20.3 Å². The Morgan fingerprint density at radius 2 is 2.00 bits per heavy atom. The van der Waals surface area contributed by atoms with Crippen molar-refractivity contribution in [3.63, 3.8) is 0 Å². The van der Waals surface area contributed by atoms with Crippen LogP contribution in [0.4, 0.5) is 4.39 Å². The zero-order valence-corrected chi connectivity index (χ0v) is 13.3. The summed E-state index contributed by atoms with van der Waals surface area (Å²) in [4.78, 5) is 12.4. The van der Waals surface area contributed by atoms with Gasteiger partial charge in [-0.1, -0.05) is 0 Å². The van der Waals surface area contributed by atoms with Crippen LogP contribution in [0.2, 0.25) is 0 Å². The molecule has 6 heteroatoms. The third kappa shape index (κ3) is 1.79. The smallest absolute Gasteiger partial charge is 0.178 e. The molecule has 2 aromatic rings. The van der Waals surface area contributed by atoms with Gasteiger partial charge >= 0.3 is 0 Å². The van der Waals surface area contributed by atoms with Gasteiger partial charge in [0, 0.05) is 18.1 Å². The van der Waals surface area contributed by atoms with E-state index < -0.39 is 0 Å². The number of fused-ring (bicyclic) bond motifs is 1. The van der Waals surface area contributed by atoms with Crippen LogP contribution >= 0.6 is 0 Å². The van der Waals surface area contributed by atoms with E-state index in [4.69, 9.17) is 9.72 Å². The molecule has 0 amide bonds. The van der Waals surface area contributed by atoms with Crippen molar-refractivity contribution in [2.24, 2.45) is 0 Å². The number of aromatic nitrogens is 3. The molecule has 23 heavy (non-hydrogen) atoms. The fourth-order valence-corrected chi connectivity index (χ4v) is 4.88. The molecule has 0 unspecified atom stereocenters. The number of nitrogens with zero attached hydrogens (tertiary/aromatic N) is 2. The summed E-state index contributed by atoms with van der Waals surface area (Å²) in [5.74, 6) is 1.01. The molecule has 122 valence electrons. The minimum atomic E-state index is -0.203. The molecule has 4 fully saturated rings. The molecule has 1 saturated heterocycles. The van der Waals surface area contributed by atoms with Crippen LogP contribution in [0, 0.1) is 5.82 Å². The Bertz CT molecular complexity index is 760. The number of hydrogen-bond acceptors (Lipinski definition) is 4. The summed E-state index contributed by atoms with van der Waals surface area (Å²) in [6, 6.07) is 0. The monoisotopic (exact) mass is 316 g/mol. The maximum absolute atomic E-state index is 14.5. The van der Waals surface area contributed by atoms with Gasteiger partial charge in [0.05, 0.1) is 17.3 Å². The van der Waals surface area contributed by atoms with Crippen LogP contribution in [0.25, 0.3) is 11.2 Å². The van der Waals surface area contributed by atoms with Gasteiger partial charge < -0.3 is 15.0 Å². The number of nitrogens with one attached hydrogen (secondary N) is 2. The lowest BCUT2D eigenvalue weighted by Crippen LogP contribution is -2.70. The van der Waals surface area contributed by atoms with Crippen LogP contribution in [0.1, 0.15) is 49.4 Å². The van der Waals surface area contributed by atoms with Gasteiger partial charge in [-0.25, -0.2) is 14.4 Å². The van der Waals surface area contributed by atoms with E-state index in [1.54, 1.807) is 7.11 Å². The van der Waals surface area contributed by atoms with Gasteiger partial charge in [-0.15, -0.1) is 0 Å². The van der Waals surface area contributed by atoms with Crippen LogP contribution in [-0.4, -0.2) is 40.8 Å². The molecule has 4 aliphatic rings. The largest absolute Gasteiger partial charge is 0.378 e. The zero-order valence-electron chi connectivity index (χ0n) is 13.3. The first-order chi connectivity index (χ1) is 11.1. The predicted molar refractivity (Wildman–Crippen MR) is 84.0 cm³/mol. The molecule has 2 N–H and O–H groups in total. The number of aromatic amines is 1. The van der Waals surface area contributed by atoms with Crippen molar-refractivity contribution in [3.8, 4) is 0 Å². The maximum Gasteiger partial charge on any atom is 0.178 e. The van der Waals surface area contributed by atoms with E-state index in [0.717, 1.165) is 62.1 Å². The number of methoxy groups -OCH3 is 1. The summed E-state index contributed by atoms with van der Waals surface area (Å²) in [7, 11) is 1.79. The average molecular weight is 316 g/mol. The van der Waals surface area contributed by atoms with Gasteiger partial charge in [-0.3, -0.25) is 0 Å². The Hall–Kier alpha value is -1.53. The van der Waals surface area contributed by atoms with Gasteiger partial charge in [0.25, 0.3) is 0 Å². The maximum atomic E-state index is 14.5. The van der Waals surface area contributed by atoms with E-state index in [1.165, 1.54) is 6.20 Å². The average Bonchev–Trinajstić information content (AvgIpc) is 2.89. The Morgan fingerprint density at radius 3 is 2.70 bits per heavy atom. The highest BCUT2D eigenvalue weighted by molar-refractivity contribution is 5.76. The van der Waals surface area contributed by atoms with Crippen molar-refractivity contribution in [2.45, 2.75) is 49.0 Å². The van der Waals surface area contributed by atoms with E-state index in [-0.39, 0.29) is 22.8 Å². The molecular formula is C17H21FN4O. The summed E-state index contributed by atoms with van der Waals surface area (Å²) in [5.41, 5.74) is 2.44. The Morgan fingerprint density at radius 1 is 1.26 bits per heavy atom. The molecule has 3 heterocycles. The number of pyridine rings is 1. The molecular weight excluding hydrogens is 295 g/mol. The molecule has 0 spiro atoms. The number of H-pyrrole nitrogens is 1. The van der Waals surface area contributed by atoms with Gasteiger partial charge in [0.2, 0.25) is 0 Å². The Labute approximate surface area is 134 Å². The Kier molecular flexibility index (Phi) is 2.72. The van der Waals surface area contributed by atoms with Gasteiger partial charge in [-0.2, -0.15) is 0 Å². The van der Waals surface area contributed by atoms with Crippen molar-refractivity contribution in [1.29, 1.82) is 0 Å². The predicted octanol–water partition coefficient (Wildman–Crippen LogP) is 2.38. The van der Waals surface area contributed by atoms with Crippen LogP contribution < -0.4 is 5.32 Å². The number of piperidine rings is 1. The fourth-order valence-electron chi connectivity index (χ4n) is 4.88. The summed E-state index contributed by atoms with van der Waals surface area (Å²) >= 11 is 0. The summed E-state index contributed by atoms with van der Waals surface area (Å²) in [5, 5.41) is 3.34. The topological polar surface area (TPSA) is 62.8 Å². The van der Waals surface area contributed by atoms with Gasteiger partial charge in [0.1, 0.15) is 11.6 Å². The number of imidazole rings is 1. The number of ether oxygens (including phenoxy) is 1. The second kappa shape index (κ2) is 4.51. The first kappa shape index (κ1) is 13.9. The van der Waals surface area contributed by atoms with Crippen LogP contribution in [0.3, 0.4) is 0 Å². The summed E-state index contributed by atoms with van der Waals surface area (Å²) in [6.07, 6.45) is 6.30. The van der Waals surface area contributed by atoms with E-state index >= 15 is 0 Å². The zero-order chi connectivity index (χ0) is 15.7. The van der Waals surface area contributed by atoms with E-state index in [0.29, 0.717) is 5.65 Å². The third-order valence-corrected chi connectivity index (χ3v) is 6.18. The molecule has 3 saturated carbocycles.